The van der Waals surface area contributed by atoms with E-state index in [0.717, 1.165) is 19.3 Å². The Kier molecular flexibility index (Phi) is 4.16. The van der Waals surface area contributed by atoms with Gasteiger partial charge in [0.15, 0.2) is 0 Å². The Labute approximate surface area is 112 Å². The Morgan fingerprint density at radius 1 is 1.37 bits per heavy atom. The van der Waals surface area contributed by atoms with Crippen molar-refractivity contribution in [2.45, 2.75) is 38.3 Å². The highest BCUT2D eigenvalue weighted by Crippen LogP contribution is 2.29. The van der Waals surface area contributed by atoms with E-state index < -0.39 is 18.0 Å². The molecule has 2 atom stereocenters. The first kappa shape index (κ1) is 13.5. The summed E-state index contributed by atoms with van der Waals surface area (Å²) in [5.41, 5.74) is 7.51. The Hall–Kier alpha value is -1.88. The molecule has 2 unspecified atom stereocenters. The van der Waals surface area contributed by atoms with Gasteiger partial charge in [0.25, 0.3) is 0 Å². The van der Waals surface area contributed by atoms with Gasteiger partial charge in [-0.05, 0) is 37.3 Å². The minimum absolute atomic E-state index is 0.151. The molecule has 1 aromatic carbocycles. The van der Waals surface area contributed by atoms with Gasteiger partial charge in [-0.15, -0.1) is 0 Å². The molecule has 2 rings (SSSR count). The van der Waals surface area contributed by atoms with Crippen LogP contribution in [0.4, 0.5) is 4.79 Å². The number of carbonyl (C=O) groups excluding carboxylic acids is 2. The summed E-state index contributed by atoms with van der Waals surface area (Å²) >= 11 is 0. The second-order valence-corrected chi connectivity index (χ2v) is 4.89. The number of aryl methyl sites for hydroxylation is 1. The van der Waals surface area contributed by atoms with Crippen molar-refractivity contribution in [3.63, 3.8) is 0 Å². The summed E-state index contributed by atoms with van der Waals surface area (Å²) in [5, 5.41) is 5.35. The fourth-order valence-electron chi connectivity index (χ4n) is 2.53. The highest BCUT2D eigenvalue weighted by molar-refractivity contribution is 5.96. The molecule has 1 aromatic rings. The molecular formula is C14H19N3O2. The van der Waals surface area contributed by atoms with E-state index in [0.29, 0.717) is 0 Å². The molecule has 1 aliphatic rings. The predicted molar refractivity (Wildman–Crippen MR) is 72.4 cm³/mol. The third kappa shape index (κ3) is 3.32. The second kappa shape index (κ2) is 5.84. The number of rotatable bonds is 3. The van der Waals surface area contributed by atoms with E-state index in [9.17, 15) is 9.59 Å². The van der Waals surface area contributed by atoms with Crippen LogP contribution in [0.15, 0.2) is 24.3 Å². The van der Waals surface area contributed by atoms with Crippen LogP contribution in [0.3, 0.4) is 0 Å². The van der Waals surface area contributed by atoms with Crippen LogP contribution in [0.5, 0.6) is 0 Å². The number of benzene rings is 1. The number of imide groups is 1. The normalized spacial score (nSPS) is 19.3. The zero-order valence-corrected chi connectivity index (χ0v) is 11.0. The minimum Gasteiger partial charge on any atom is -0.351 e. The molecule has 102 valence electrons. The van der Waals surface area contributed by atoms with Gasteiger partial charge >= 0.3 is 6.03 Å². The fraction of sp³-hybridized carbons (Fsp3) is 0.429. The van der Waals surface area contributed by atoms with Crippen LogP contribution in [-0.4, -0.2) is 18.0 Å². The quantitative estimate of drug-likeness (QED) is 0.765. The van der Waals surface area contributed by atoms with Crippen molar-refractivity contribution in [1.82, 2.24) is 10.6 Å². The Balaban J connectivity index is 2.04. The van der Waals surface area contributed by atoms with Gasteiger partial charge in [0.05, 0.1) is 6.04 Å². The summed E-state index contributed by atoms with van der Waals surface area (Å²) < 4.78 is 0. The lowest BCUT2D eigenvalue weighted by Gasteiger charge is -2.28. The van der Waals surface area contributed by atoms with Crippen LogP contribution >= 0.6 is 0 Å². The molecule has 0 aliphatic heterocycles. The van der Waals surface area contributed by atoms with Crippen LogP contribution in [0.25, 0.3) is 0 Å². The van der Waals surface area contributed by atoms with E-state index in [4.69, 9.17) is 5.73 Å². The van der Waals surface area contributed by atoms with Crippen molar-refractivity contribution in [1.29, 1.82) is 0 Å². The molecule has 0 heterocycles. The summed E-state index contributed by atoms with van der Waals surface area (Å²) in [6.45, 7) is 1.73. The van der Waals surface area contributed by atoms with Crippen molar-refractivity contribution >= 4 is 11.9 Å². The molecule has 0 saturated carbocycles. The first-order valence-electron chi connectivity index (χ1n) is 6.52. The van der Waals surface area contributed by atoms with E-state index >= 15 is 0 Å². The maximum Gasteiger partial charge on any atom is 0.318 e. The average molecular weight is 261 g/mol. The molecule has 0 fully saturated rings. The topological polar surface area (TPSA) is 84.2 Å². The minimum atomic E-state index is -0.817. The summed E-state index contributed by atoms with van der Waals surface area (Å²) in [5.74, 6) is -0.393. The van der Waals surface area contributed by atoms with E-state index in [2.05, 4.69) is 22.8 Å². The van der Waals surface area contributed by atoms with Gasteiger partial charge < -0.3 is 5.73 Å². The van der Waals surface area contributed by atoms with E-state index in [1.54, 1.807) is 6.92 Å². The Morgan fingerprint density at radius 2 is 2.11 bits per heavy atom. The van der Waals surface area contributed by atoms with Gasteiger partial charge in [0.2, 0.25) is 5.91 Å². The van der Waals surface area contributed by atoms with Crippen molar-refractivity contribution in [3.05, 3.63) is 35.4 Å². The van der Waals surface area contributed by atoms with Gasteiger partial charge in [-0.1, -0.05) is 24.3 Å². The monoisotopic (exact) mass is 261 g/mol. The van der Waals surface area contributed by atoms with Gasteiger partial charge in [-0.3, -0.25) is 15.4 Å². The third-order valence-corrected chi connectivity index (χ3v) is 3.46. The van der Waals surface area contributed by atoms with E-state index in [-0.39, 0.29) is 6.04 Å². The molecular weight excluding hydrogens is 242 g/mol. The lowest BCUT2D eigenvalue weighted by molar-refractivity contribution is -0.121. The zero-order chi connectivity index (χ0) is 13.8. The first-order valence-corrected chi connectivity index (χ1v) is 6.52. The molecule has 0 bridgehead atoms. The summed E-state index contributed by atoms with van der Waals surface area (Å²) in [6, 6.07) is 7.13. The average Bonchev–Trinajstić information content (AvgIpc) is 2.38. The van der Waals surface area contributed by atoms with Gasteiger partial charge in [0.1, 0.15) is 0 Å². The van der Waals surface area contributed by atoms with Gasteiger partial charge in [-0.2, -0.15) is 0 Å². The second-order valence-electron chi connectivity index (χ2n) is 4.89. The number of amides is 3. The third-order valence-electron chi connectivity index (χ3n) is 3.46. The van der Waals surface area contributed by atoms with Crippen LogP contribution in [0.2, 0.25) is 0 Å². The lowest BCUT2D eigenvalue weighted by atomic mass is 9.87. The molecule has 1 aliphatic carbocycles. The highest BCUT2D eigenvalue weighted by Gasteiger charge is 2.23. The van der Waals surface area contributed by atoms with E-state index in [1.165, 1.54) is 11.1 Å². The number of carbonyl (C=O) groups is 2. The number of fused-ring (bicyclic) bond motifs is 1. The fourth-order valence-corrected chi connectivity index (χ4v) is 2.53. The van der Waals surface area contributed by atoms with Gasteiger partial charge in [-0.25, -0.2) is 4.79 Å². The molecule has 0 spiro atoms. The molecule has 5 heteroatoms. The summed E-state index contributed by atoms with van der Waals surface area (Å²) in [6.07, 6.45) is 3.17. The van der Waals surface area contributed by atoms with Crippen LogP contribution < -0.4 is 16.4 Å². The smallest absolute Gasteiger partial charge is 0.318 e. The lowest BCUT2D eigenvalue weighted by Crippen LogP contribution is -2.47. The maximum atomic E-state index is 11.7. The van der Waals surface area contributed by atoms with Crippen LogP contribution in [-0.2, 0) is 11.2 Å². The number of hydrogen-bond acceptors (Lipinski definition) is 3. The van der Waals surface area contributed by atoms with Crippen LogP contribution in [0, 0.1) is 0 Å². The standard InChI is InChI=1S/C14H19N3O2/c1-9(13(18)17-14(15)19)16-12-8-4-6-10-5-2-3-7-11(10)12/h2-3,5,7,9,12,16H,4,6,8H2,1H3,(H3,15,17,18,19). The van der Waals surface area contributed by atoms with Crippen LogP contribution in [0.1, 0.15) is 36.9 Å². The molecule has 0 saturated heterocycles. The molecule has 0 radical (unpaired) electrons. The highest BCUT2D eigenvalue weighted by atomic mass is 16.2. The number of hydrogen-bond donors (Lipinski definition) is 3. The first-order chi connectivity index (χ1) is 9.08. The molecule has 0 aromatic heterocycles. The zero-order valence-electron chi connectivity index (χ0n) is 11.0. The number of nitrogens with two attached hydrogens (primary N) is 1. The Morgan fingerprint density at radius 3 is 2.84 bits per heavy atom. The molecule has 3 amide bonds. The van der Waals surface area contributed by atoms with Crippen molar-refractivity contribution in [3.8, 4) is 0 Å². The number of urea groups is 1. The van der Waals surface area contributed by atoms with E-state index in [1.807, 2.05) is 12.1 Å². The summed E-state index contributed by atoms with van der Waals surface area (Å²) in [7, 11) is 0. The SMILES string of the molecule is CC(NC1CCCc2ccccc21)C(=O)NC(N)=O. The van der Waals surface area contributed by atoms with Gasteiger partial charge in [0, 0.05) is 6.04 Å². The molecule has 4 N–H and O–H groups in total. The van der Waals surface area contributed by atoms with Crippen molar-refractivity contribution in [2.75, 3.05) is 0 Å². The molecule has 5 nitrogen and oxygen atoms in total. The van der Waals surface area contributed by atoms with Crippen molar-refractivity contribution in [2.24, 2.45) is 5.73 Å². The Bertz CT molecular complexity index is 487. The number of nitrogens with one attached hydrogen (secondary N) is 2. The molecule has 19 heavy (non-hydrogen) atoms. The predicted octanol–water partition coefficient (Wildman–Crippen LogP) is 1.24. The number of primary amides is 1. The van der Waals surface area contributed by atoms with Crippen molar-refractivity contribution < 1.29 is 9.59 Å². The maximum absolute atomic E-state index is 11.7. The summed E-state index contributed by atoms with van der Waals surface area (Å²) in [4.78, 5) is 22.3. The largest absolute Gasteiger partial charge is 0.351 e.